The summed E-state index contributed by atoms with van der Waals surface area (Å²) in [5.74, 6) is 0. The van der Waals surface area contributed by atoms with E-state index in [4.69, 9.17) is 5.73 Å². The molecule has 0 amide bonds. The molecule has 1 aliphatic rings. The molecule has 0 aliphatic carbocycles. The van der Waals surface area contributed by atoms with Crippen molar-refractivity contribution in [1.82, 2.24) is 15.2 Å². The first-order valence-corrected chi connectivity index (χ1v) is 5.29. The quantitative estimate of drug-likeness (QED) is 0.709. The van der Waals surface area contributed by atoms with E-state index in [1.54, 1.807) is 11.3 Å². The molecule has 1 saturated heterocycles. The molecular formula is C8H14N4S. The van der Waals surface area contributed by atoms with Crippen LogP contribution in [0.1, 0.15) is 4.88 Å². The number of hydrogen-bond donors (Lipinski definition) is 2. The summed E-state index contributed by atoms with van der Waals surface area (Å²) < 4.78 is 0. The maximum Gasteiger partial charge on any atom is 0.180 e. The minimum Gasteiger partial charge on any atom is -0.375 e. The van der Waals surface area contributed by atoms with E-state index in [9.17, 15) is 0 Å². The monoisotopic (exact) mass is 198 g/mol. The Labute approximate surface area is 81.8 Å². The molecule has 72 valence electrons. The zero-order chi connectivity index (χ0) is 9.10. The second kappa shape index (κ2) is 4.04. The van der Waals surface area contributed by atoms with Gasteiger partial charge in [-0.1, -0.05) is 0 Å². The minimum atomic E-state index is 0.671. The number of anilines is 1. The first kappa shape index (κ1) is 8.93. The van der Waals surface area contributed by atoms with Gasteiger partial charge in [-0.25, -0.2) is 4.98 Å². The lowest BCUT2D eigenvalue weighted by atomic mass is 10.3. The van der Waals surface area contributed by atoms with Gasteiger partial charge in [0.25, 0.3) is 0 Å². The molecule has 2 heterocycles. The molecule has 3 N–H and O–H groups in total. The number of nitrogens with one attached hydrogen (secondary N) is 1. The van der Waals surface area contributed by atoms with Crippen molar-refractivity contribution < 1.29 is 0 Å². The van der Waals surface area contributed by atoms with Gasteiger partial charge in [-0.15, -0.1) is 11.3 Å². The van der Waals surface area contributed by atoms with Gasteiger partial charge in [-0.3, -0.25) is 4.90 Å². The van der Waals surface area contributed by atoms with E-state index in [2.05, 4.69) is 15.2 Å². The molecule has 2 rings (SSSR count). The van der Waals surface area contributed by atoms with Gasteiger partial charge in [-0.2, -0.15) is 0 Å². The summed E-state index contributed by atoms with van der Waals surface area (Å²) >= 11 is 1.59. The van der Waals surface area contributed by atoms with Gasteiger partial charge in [0, 0.05) is 43.8 Å². The van der Waals surface area contributed by atoms with E-state index in [0.717, 1.165) is 32.7 Å². The van der Waals surface area contributed by atoms with Crippen molar-refractivity contribution in [2.75, 3.05) is 31.9 Å². The SMILES string of the molecule is Nc1ncc(CN2CCNCC2)s1. The molecule has 1 fully saturated rings. The number of aromatic nitrogens is 1. The van der Waals surface area contributed by atoms with Crippen LogP contribution in [-0.4, -0.2) is 36.1 Å². The van der Waals surface area contributed by atoms with Gasteiger partial charge in [0.05, 0.1) is 0 Å². The maximum absolute atomic E-state index is 5.56. The Bertz CT molecular complexity index is 267. The van der Waals surface area contributed by atoms with E-state index in [-0.39, 0.29) is 0 Å². The van der Waals surface area contributed by atoms with Crippen molar-refractivity contribution >= 4 is 16.5 Å². The predicted octanol–water partition coefficient (Wildman–Crippen LogP) is 0.130. The second-order valence-electron chi connectivity index (χ2n) is 3.19. The highest BCUT2D eigenvalue weighted by Crippen LogP contribution is 2.16. The van der Waals surface area contributed by atoms with Gasteiger partial charge in [-0.05, 0) is 0 Å². The van der Waals surface area contributed by atoms with Crippen molar-refractivity contribution in [2.24, 2.45) is 0 Å². The third-order valence-corrected chi connectivity index (χ3v) is 2.97. The molecule has 5 heteroatoms. The minimum absolute atomic E-state index is 0.671. The Morgan fingerprint density at radius 3 is 2.92 bits per heavy atom. The van der Waals surface area contributed by atoms with Crippen LogP contribution in [0.5, 0.6) is 0 Å². The van der Waals surface area contributed by atoms with E-state index < -0.39 is 0 Å². The molecule has 0 bridgehead atoms. The fraction of sp³-hybridized carbons (Fsp3) is 0.625. The summed E-state index contributed by atoms with van der Waals surface area (Å²) in [6, 6.07) is 0. The molecule has 13 heavy (non-hydrogen) atoms. The molecular weight excluding hydrogens is 184 g/mol. The van der Waals surface area contributed by atoms with Crippen LogP contribution in [0.2, 0.25) is 0 Å². The number of thiazole rings is 1. The van der Waals surface area contributed by atoms with Gasteiger partial charge in [0.1, 0.15) is 0 Å². The van der Waals surface area contributed by atoms with Crippen molar-refractivity contribution in [3.63, 3.8) is 0 Å². The Morgan fingerprint density at radius 2 is 2.31 bits per heavy atom. The molecule has 0 atom stereocenters. The fourth-order valence-corrected chi connectivity index (χ4v) is 2.21. The Morgan fingerprint density at radius 1 is 1.54 bits per heavy atom. The van der Waals surface area contributed by atoms with Crippen LogP contribution >= 0.6 is 11.3 Å². The zero-order valence-corrected chi connectivity index (χ0v) is 8.31. The molecule has 0 radical (unpaired) electrons. The van der Waals surface area contributed by atoms with E-state index in [1.165, 1.54) is 4.88 Å². The molecule has 4 nitrogen and oxygen atoms in total. The summed E-state index contributed by atoms with van der Waals surface area (Å²) in [6.07, 6.45) is 1.88. The lowest BCUT2D eigenvalue weighted by molar-refractivity contribution is 0.235. The van der Waals surface area contributed by atoms with Crippen LogP contribution < -0.4 is 11.1 Å². The first-order chi connectivity index (χ1) is 6.34. The van der Waals surface area contributed by atoms with Crippen LogP contribution in [0.3, 0.4) is 0 Å². The third kappa shape index (κ3) is 2.40. The van der Waals surface area contributed by atoms with Crippen molar-refractivity contribution in [3.05, 3.63) is 11.1 Å². The standard InChI is InChI=1S/C8H14N4S/c9-8-11-5-7(13-8)6-12-3-1-10-2-4-12/h5,10H,1-4,6H2,(H2,9,11). The normalized spacial score (nSPS) is 19.1. The summed E-state index contributed by atoms with van der Waals surface area (Å²) in [4.78, 5) is 7.72. The predicted molar refractivity (Wildman–Crippen MR) is 54.7 cm³/mol. The largest absolute Gasteiger partial charge is 0.375 e. The average molecular weight is 198 g/mol. The summed E-state index contributed by atoms with van der Waals surface area (Å²) in [5, 5.41) is 4.00. The topological polar surface area (TPSA) is 54.2 Å². The van der Waals surface area contributed by atoms with Gasteiger partial charge < -0.3 is 11.1 Å². The molecule has 0 saturated carbocycles. The van der Waals surface area contributed by atoms with Crippen molar-refractivity contribution in [1.29, 1.82) is 0 Å². The highest BCUT2D eigenvalue weighted by Gasteiger charge is 2.10. The fourth-order valence-electron chi connectivity index (χ4n) is 1.49. The highest BCUT2D eigenvalue weighted by molar-refractivity contribution is 7.15. The number of nitrogens with zero attached hydrogens (tertiary/aromatic N) is 2. The third-order valence-electron chi connectivity index (χ3n) is 2.16. The first-order valence-electron chi connectivity index (χ1n) is 4.48. The Kier molecular flexibility index (Phi) is 2.77. The van der Waals surface area contributed by atoms with Crippen LogP contribution in [-0.2, 0) is 6.54 Å². The average Bonchev–Trinajstić information content (AvgIpc) is 2.53. The smallest absolute Gasteiger partial charge is 0.180 e. The number of hydrogen-bond acceptors (Lipinski definition) is 5. The van der Waals surface area contributed by atoms with Crippen LogP contribution in [0.25, 0.3) is 0 Å². The number of nitrogens with two attached hydrogens (primary N) is 1. The lowest BCUT2D eigenvalue weighted by Gasteiger charge is -2.26. The number of piperazine rings is 1. The van der Waals surface area contributed by atoms with Gasteiger partial charge in [0.2, 0.25) is 0 Å². The summed E-state index contributed by atoms with van der Waals surface area (Å²) in [5.41, 5.74) is 5.56. The van der Waals surface area contributed by atoms with Crippen molar-refractivity contribution in [3.8, 4) is 0 Å². The number of rotatable bonds is 2. The lowest BCUT2D eigenvalue weighted by Crippen LogP contribution is -2.42. The van der Waals surface area contributed by atoms with Crippen LogP contribution in [0, 0.1) is 0 Å². The molecule has 0 spiro atoms. The molecule has 1 aliphatic heterocycles. The summed E-state index contributed by atoms with van der Waals surface area (Å²) in [7, 11) is 0. The second-order valence-corrected chi connectivity index (χ2v) is 4.34. The molecule has 1 aromatic rings. The molecule has 0 unspecified atom stereocenters. The van der Waals surface area contributed by atoms with E-state index >= 15 is 0 Å². The maximum atomic E-state index is 5.56. The van der Waals surface area contributed by atoms with E-state index in [0.29, 0.717) is 5.13 Å². The summed E-state index contributed by atoms with van der Waals surface area (Å²) in [6.45, 7) is 5.43. The zero-order valence-electron chi connectivity index (χ0n) is 7.49. The molecule has 1 aromatic heterocycles. The Hall–Kier alpha value is -0.650. The van der Waals surface area contributed by atoms with Gasteiger partial charge in [0.15, 0.2) is 5.13 Å². The van der Waals surface area contributed by atoms with E-state index in [1.807, 2.05) is 6.20 Å². The van der Waals surface area contributed by atoms with Crippen LogP contribution in [0.4, 0.5) is 5.13 Å². The van der Waals surface area contributed by atoms with Crippen molar-refractivity contribution in [2.45, 2.75) is 6.54 Å². The molecule has 0 aromatic carbocycles. The Balaban J connectivity index is 1.89. The number of nitrogen functional groups attached to an aromatic ring is 1. The van der Waals surface area contributed by atoms with Gasteiger partial charge >= 0.3 is 0 Å². The highest BCUT2D eigenvalue weighted by atomic mass is 32.1. The van der Waals surface area contributed by atoms with Crippen LogP contribution in [0.15, 0.2) is 6.20 Å².